The van der Waals surface area contributed by atoms with Crippen molar-refractivity contribution in [1.82, 2.24) is 24.3 Å². The number of carbonyl (C=O) groups excluding carboxylic acids is 1. The zero-order valence-corrected chi connectivity index (χ0v) is 14.7. The van der Waals surface area contributed by atoms with Gasteiger partial charge in [-0.2, -0.15) is 5.10 Å². The first-order valence-corrected chi connectivity index (χ1v) is 8.74. The molecule has 1 aromatic carbocycles. The van der Waals surface area contributed by atoms with Crippen molar-refractivity contribution >= 4 is 44.7 Å². The molecule has 130 valence electrons. The first-order chi connectivity index (χ1) is 12.6. The average Bonchev–Trinajstić information content (AvgIpc) is 3.29. The van der Waals surface area contributed by atoms with E-state index in [0.717, 1.165) is 0 Å². The van der Waals surface area contributed by atoms with Crippen LogP contribution in [-0.2, 0) is 11.3 Å². The molecule has 4 rings (SSSR count). The van der Waals surface area contributed by atoms with Crippen molar-refractivity contribution in [2.24, 2.45) is 0 Å². The summed E-state index contributed by atoms with van der Waals surface area (Å²) in [6.45, 7) is -0.166. The zero-order valence-electron chi connectivity index (χ0n) is 13.2. The van der Waals surface area contributed by atoms with E-state index < -0.39 is 0 Å². The Morgan fingerprint density at radius 1 is 1.27 bits per heavy atom. The summed E-state index contributed by atoms with van der Waals surface area (Å²) in [4.78, 5) is 33.6. The maximum Gasteiger partial charge on any atom is 0.262 e. The Morgan fingerprint density at radius 2 is 2.15 bits per heavy atom. The van der Waals surface area contributed by atoms with Gasteiger partial charge in [0.1, 0.15) is 24.0 Å². The van der Waals surface area contributed by atoms with Crippen LogP contribution in [0.5, 0.6) is 0 Å². The predicted molar refractivity (Wildman–Crippen MR) is 98.9 cm³/mol. The molecule has 3 aromatic heterocycles. The van der Waals surface area contributed by atoms with Gasteiger partial charge in [-0.05, 0) is 29.6 Å². The topological polar surface area (TPSA) is 94.7 Å². The molecule has 0 aliphatic carbocycles. The average molecular weight is 387 g/mol. The molecule has 0 saturated carbocycles. The quantitative estimate of drug-likeness (QED) is 0.580. The van der Waals surface area contributed by atoms with Crippen LogP contribution in [0.4, 0.5) is 5.69 Å². The Labute approximate surface area is 155 Å². The van der Waals surface area contributed by atoms with Crippen LogP contribution < -0.4 is 10.9 Å². The second-order valence-corrected chi connectivity index (χ2v) is 6.70. The fourth-order valence-electron chi connectivity index (χ4n) is 2.49. The fourth-order valence-corrected chi connectivity index (χ4v) is 3.39. The van der Waals surface area contributed by atoms with Crippen LogP contribution in [0, 0.1) is 0 Å². The highest BCUT2D eigenvalue weighted by molar-refractivity contribution is 7.16. The molecule has 8 nitrogen and oxygen atoms in total. The molecule has 0 saturated heterocycles. The van der Waals surface area contributed by atoms with Crippen LogP contribution >= 0.6 is 22.9 Å². The number of nitrogens with one attached hydrogen (secondary N) is 1. The van der Waals surface area contributed by atoms with Crippen LogP contribution in [-0.4, -0.2) is 30.2 Å². The third kappa shape index (κ3) is 3.09. The lowest BCUT2D eigenvalue weighted by molar-refractivity contribution is -0.116. The third-order valence-corrected chi connectivity index (χ3v) is 4.72. The van der Waals surface area contributed by atoms with Crippen molar-refractivity contribution < 1.29 is 4.79 Å². The van der Waals surface area contributed by atoms with Gasteiger partial charge in [0.05, 0.1) is 23.1 Å². The molecule has 0 radical (unpaired) electrons. The number of thiophene rings is 1. The Balaban J connectivity index is 1.61. The number of amides is 1. The summed E-state index contributed by atoms with van der Waals surface area (Å²) < 4.78 is 2.78. The summed E-state index contributed by atoms with van der Waals surface area (Å²) in [6, 6.07) is 6.72. The number of anilines is 1. The SMILES string of the molecule is O=C(Cn1cnc2sccc2c1=O)Nc1cc(Cl)ccc1-n1cncn1. The summed E-state index contributed by atoms with van der Waals surface area (Å²) in [7, 11) is 0. The summed E-state index contributed by atoms with van der Waals surface area (Å²) in [6.07, 6.45) is 4.27. The second-order valence-electron chi connectivity index (χ2n) is 5.37. The highest BCUT2D eigenvalue weighted by Gasteiger charge is 2.12. The maximum atomic E-state index is 12.5. The molecular formula is C16H11ClN6O2S. The molecule has 0 bridgehead atoms. The standard InChI is InChI=1S/C16H11ClN6O2S/c17-10-1-2-13(23-8-18-7-20-23)12(5-10)21-14(24)6-22-9-19-15-11(16(22)25)3-4-26-15/h1-5,7-9H,6H2,(H,21,24). The van der Waals surface area contributed by atoms with Crippen LogP contribution in [0.3, 0.4) is 0 Å². The lowest BCUT2D eigenvalue weighted by Crippen LogP contribution is -2.27. The van der Waals surface area contributed by atoms with Crippen molar-refractivity contribution in [2.75, 3.05) is 5.32 Å². The second kappa shape index (κ2) is 6.70. The Hall–Kier alpha value is -3.04. The normalized spacial score (nSPS) is 11.0. The van der Waals surface area contributed by atoms with Crippen LogP contribution in [0.2, 0.25) is 5.02 Å². The predicted octanol–water partition coefficient (Wildman–Crippen LogP) is 2.33. The zero-order chi connectivity index (χ0) is 18.1. The molecule has 3 heterocycles. The lowest BCUT2D eigenvalue weighted by atomic mass is 10.2. The van der Waals surface area contributed by atoms with Gasteiger partial charge in [-0.1, -0.05) is 11.6 Å². The number of hydrogen-bond donors (Lipinski definition) is 1. The largest absolute Gasteiger partial charge is 0.323 e. The van der Waals surface area contributed by atoms with Crippen LogP contribution in [0.25, 0.3) is 15.9 Å². The van der Waals surface area contributed by atoms with Gasteiger partial charge >= 0.3 is 0 Å². The number of hydrogen-bond acceptors (Lipinski definition) is 6. The van der Waals surface area contributed by atoms with Gasteiger partial charge in [0.25, 0.3) is 5.56 Å². The van der Waals surface area contributed by atoms with E-state index in [1.807, 2.05) is 0 Å². The molecule has 0 unspecified atom stereocenters. The smallest absolute Gasteiger partial charge is 0.262 e. The van der Waals surface area contributed by atoms with E-state index in [9.17, 15) is 9.59 Å². The number of aromatic nitrogens is 5. The summed E-state index contributed by atoms with van der Waals surface area (Å²) in [5, 5.41) is 9.57. The summed E-state index contributed by atoms with van der Waals surface area (Å²) in [5.41, 5.74) is 0.818. The van der Waals surface area contributed by atoms with Gasteiger partial charge in [-0.3, -0.25) is 14.2 Å². The van der Waals surface area contributed by atoms with Gasteiger partial charge in [-0.15, -0.1) is 11.3 Å². The minimum atomic E-state index is -0.382. The third-order valence-electron chi connectivity index (χ3n) is 3.66. The van der Waals surface area contributed by atoms with E-state index in [1.54, 1.807) is 29.6 Å². The van der Waals surface area contributed by atoms with Crippen molar-refractivity contribution in [1.29, 1.82) is 0 Å². The van der Waals surface area contributed by atoms with Crippen molar-refractivity contribution in [3.05, 3.63) is 64.0 Å². The van der Waals surface area contributed by atoms with Crippen LogP contribution in [0.1, 0.15) is 0 Å². The summed E-state index contributed by atoms with van der Waals surface area (Å²) in [5.74, 6) is -0.382. The number of fused-ring (bicyclic) bond motifs is 1. The molecule has 0 spiro atoms. The number of benzene rings is 1. The maximum absolute atomic E-state index is 12.5. The van der Waals surface area contributed by atoms with E-state index in [0.29, 0.717) is 26.6 Å². The minimum absolute atomic E-state index is 0.166. The lowest BCUT2D eigenvalue weighted by Gasteiger charge is -2.12. The Kier molecular flexibility index (Phi) is 4.23. The first kappa shape index (κ1) is 16.4. The molecule has 26 heavy (non-hydrogen) atoms. The highest BCUT2D eigenvalue weighted by Crippen LogP contribution is 2.24. The van der Waals surface area contributed by atoms with E-state index in [1.165, 1.54) is 39.6 Å². The Morgan fingerprint density at radius 3 is 2.96 bits per heavy atom. The Bertz CT molecular complexity index is 1150. The van der Waals surface area contributed by atoms with Crippen molar-refractivity contribution in [3.63, 3.8) is 0 Å². The van der Waals surface area contributed by atoms with Gasteiger partial charge < -0.3 is 5.32 Å². The molecule has 1 amide bonds. The van der Waals surface area contributed by atoms with Gasteiger partial charge in [0.15, 0.2) is 0 Å². The van der Waals surface area contributed by atoms with E-state index >= 15 is 0 Å². The first-order valence-electron chi connectivity index (χ1n) is 7.49. The van der Waals surface area contributed by atoms with Gasteiger partial charge in [-0.25, -0.2) is 14.6 Å². The minimum Gasteiger partial charge on any atom is -0.323 e. The molecule has 0 atom stereocenters. The number of nitrogens with zero attached hydrogens (tertiary/aromatic N) is 5. The molecular weight excluding hydrogens is 376 g/mol. The number of rotatable bonds is 4. The number of halogens is 1. The molecule has 0 aliphatic rings. The van der Waals surface area contributed by atoms with E-state index in [4.69, 9.17) is 11.6 Å². The molecule has 4 aromatic rings. The fraction of sp³-hybridized carbons (Fsp3) is 0.0625. The van der Waals surface area contributed by atoms with Crippen LogP contribution in [0.15, 0.2) is 53.4 Å². The summed E-state index contributed by atoms with van der Waals surface area (Å²) >= 11 is 7.42. The van der Waals surface area contributed by atoms with Crippen molar-refractivity contribution in [2.45, 2.75) is 6.54 Å². The molecule has 1 N–H and O–H groups in total. The molecule has 0 fully saturated rings. The monoisotopic (exact) mass is 386 g/mol. The van der Waals surface area contributed by atoms with Gasteiger partial charge in [0, 0.05) is 5.02 Å². The highest BCUT2D eigenvalue weighted by atomic mass is 35.5. The molecule has 0 aliphatic heterocycles. The van der Waals surface area contributed by atoms with E-state index in [2.05, 4.69) is 20.4 Å². The van der Waals surface area contributed by atoms with Gasteiger partial charge in [0.2, 0.25) is 5.91 Å². The number of carbonyl (C=O) groups is 1. The van der Waals surface area contributed by atoms with E-state index in [-0.39, 0.29) is 18.0 Å². The van der Waals surface area contributed by atoms with Crippen molar-refractivity contribution in [3.8, 4) is 5.69 Å². The molecule has 10 heteroatoms.